The Morgan fingerprint density at radius 2 is 2.29 bits per heavy atom. The van der Waals surface area contributed by atoms with E-state index in [4.69, 9.17) is 5.11 Å². The summed E-state index contributed by atoms with van der Waals surface area (Å²) in [5.74, 6) is -0.939. The van der Waals surface area contributed by atoms with Crippen molar-refractivity contribution in [3.63, 3.8) is 0 Å². The van der Waals surface area contributed by atoms with E-state index in [1.807, 2.05) is 6.07 Å². The molecule has 1 fully saturated rings. The van der Waals surface area contributed by atoms with Gasteiger partial charge in [-0.3, -0.25) is 4.90 Å². The number of alkyl carbamates (subject to hydrolysis) is 1. The zero-order valence-electron chi connectivity index (χ0n) is 11.6. The predicted octanol–water partition coefficient (Wildman–Crippen LogP) is 2.08. The van der Waals surface area contributed by atoms with Crippen LogP contribution < -0.4 is 5.32 Å². The van der Waals surface area contributed by atoms with E-state index >= 15 is 0 Å². The second-order valence-electron chi connectivity index (χ2n) is 4.97. The fraction of sp³-hybridized carbons (Fsp3) is 0.429. The van der Waals surface area contributed by atoms with Gasteiger partial charge in [-0.05, 0) is 24.1 Å². The smallest absolute Gasteiger partial charge is 0.407 e. The number of aromatic carboxylic acids is 1. The van der Waals surface area contributed by atoms with Crippen LogP contribution >= 0.6 is 15.9 Å². The summed E-state index contributed by atoms with van der Waals surface area (Å²) >= 11 is 3.41. The number of methoxy groups -OCH3 is 1. The van der Waals surface area contributed by atoms with Crippen LogP contribution in [0.1, 0.15) is 22.3 Å². The molecule has 114 valence electrons. The summed E-state index contributed by atoms with van der Waals surface area (Å²) in [6.45, 7) is 2.34. The summed E-state index contributed by atoms with van der Waals surface area (Å²) in [6, 6.07) is 5.12. The van der Waals surface area contributed by atoms with E-state index in [0.717, 1.165) is 29.5 Å². The van der Waals surface area contributed by atoms with Gasteiger partial charge in [0.25, 0.3) is 0 Å². The SMILES string of the molecule is COC(=O)NC1CCN(Cc2ccc(C(=O)O)cc2Br)C1. The Labute approximate surface area is 131 Å². The van der Waals surface area contributed by atoms with Gasteiger partial charge in [-0.15, -0.1) is 0 Å². The van der Waals surface area contributed by atoms with Crippen LogP contribution in [0.15, 0.2) is 22.7 Å². The maximum atomic E-state index is 11.2. The van der Waals surface area contributed by atoms with Crippen molar-refractivity contribution < 1.29 is 19.4 Å². The van der Waals surface area contributed by atoms with Gasteiger partial charge in [-0.1, -0.05) is 22.0 Å². The van der Waals surface area contributed by atoms with Gasteiger partial charge >= 0.3 is 12.1 Å². The largest absolute Gasteiger partial charge is 0.478 e. The van der Waals surface area contributed by atoms with E-state index in [2.05, 4.69) is 30.9 Å². The zero-order chi connectivity index (χ0) is 15.4. The molecule has 1 amide bonds. The van der Waals surface area contributed by atoms with E-state index in [9.17, 15) is 9.59 Å². The molecule has 1 aromatic rings. The highest BCUT2D eigenvalue weighted by Crippen LogP contribution is 2.22. The highest BCUT2D eigenvalue weighted by Gasteiger charge is 2.24. The van der Waals surface area contributed by atoms with Crippen molar-refractivity contribution >= 4 is 28.0 Å². The minimum Gasteiger partial charge on any atom is -0.478 e. The Morgan fingerprint density at radius 1 is 1.52 bits per heavy atom. The molecule has 1 aliphatic heterocycles. The Balaban J connectivity index is 1.94. The highest BCUT2D eigenvalue weighted by molar-refractivity contribution is 9.10. The van der Waals surface area contributed by atoms with Gasteiger partial charge < -0.3 is 15.2 Å². The molecule has 2 rings (SSSR count). The van der Waals surface area contributed by atoms with Gasteiger partial charge in [0.05, 0.1) is 12.7 Å². The lowest BCUT2D eigenvalue weighted by Crippen LogP contribution is -2.36. The normalized spacial score (nSPS) is 18.5. The molecular formula is C14H17BrN2O4. The van der Waals surface area contributed by atoms with Gasteiger partial charge in [-0.2, -0.15) is 0 Å². The third-order valence-corrected chi connectivity index (χ3v) is 4.21. The summed E-state index contributed by atoms with van der Waals surface area (Å²) < 4.78 is 5.37. The average molecular weight is 357 g/mol. The fourth-order valence-electron chi connectivity index (χ4n) is 2.37. The molecular weight excluding hydrogens is 340 g/mol. The first-order chi connectivity index (χ1) is 9.99. The van der Waals surface area contributed by atoms with Gasteiger partial charge in [0.15, 0.2) is 0 Å². The molecule has 0 spiro atoms. The van der Waals surface area contributed by atoms with Gasteiger partial charge in [-0.25, -0.2) is 9.59 Å². The summed E-state index contributed by atoms with van der Waals surface area (Å²) in [4.78, 5) is 24.3. The molecule has 2 N–H and O–H groups in total. The molecule has 21 heavy (non-hydrogen) atoms. The van der Waals surface area contributed by atoms with Crippen LogP contribution in [0.5, 0.6) is 0 Å². The van der Waals surface area contributed by atoms with Crippen molar-refractivity contribution in [3.05, 3.63) is 33.8 Å². The van der Waals surface area contributed by atoms with Gasteiger partial charge in [0.1, 0.15) is 0 Å². The third-order valence-electron chi connectivity index (χ3n) is 3.47. The Bertz CT molecular complexity index is 550. The lowest BCUT2D eigenvalue weighted by atomic mass is 10.1. The molecule has 7 heteroatoms. The molecule has 0 saturated carbocycles. The summed E-state index contributed by atoms with van der Waals surface area (Å²) in [7, 11) is 1.35. The molecule has 1 aromatic carbocycles. The quantitative estimate of drug-likeness (QED) is 0.863. The number of ether oxygens (including phenoxy) is 1. The second-order valence-corrected chi connectivity index (χ2v) is 5.82. The molecule has 1 atom stereocenters. The molecule has 1 saturated heterocycles. The van der Waals surface area contributed by atoms with Crippen molar-refractivity contribution in [2.75, 3.05) is 20.2 Å². The summed E-state index contributed by atoms with van der Waals surface area (Å²) in [6.07, 6.45) is 0.466. The first-order valence-corrected chi connectivity index (χ1v) is 7.37. The Hall–Kier alpha value is -1.60. The highest BCUT2D eigenvalue weighted by atomic mass is 79.9. The lowest BCUT2D eigenvalue weighted by Gasteiger charge is -2.17. The number of halogens is 1. The molecule has 1 aliphatic rings. The predicted molar refractivity (Wildman–Crippen MR) is 80.3 cm³/mol. The molecule has 0 radical (unpaired) electrons. The maximum absolute atomic E-state index is 11.2. The van der Waals surface area contributed by atoms with E-state index in [0.29, 0.717) is 6.54 Å². The number of carbonyl (C=O) groups is 2. The summed E-state index contributed by atoms with van der Waals surface area (Å²) in [5.41, 5.74) is 1.29. The van der Waals surface area contributed by atoms with E-state index in [-0.39, 0.29) is 11.6 Å². The van der Waals surface area contributed by atoms with E-state index in [1.165, 1.54) is 7.11 Å². The molecule has 0 aliphatic carbocycles. The number of rotatable bonds is 4. The van der Waals surface area contributed by atoms with Crippen LogP contribution in [-0.2, 0) is 11.3 Å². The molecule has 6 nitrogen and oxygen atoms in total. The van der Waals surface area contributed by atoms with Crippen molar-refractivity contribution in [1.29, 1.82) is 0 Å². The van der Waals surface area contributed by atoms with Gasteiger partial charge in [0, 0.05) is 30.1 Å². The number of hydrogen-bond donors (Lipinski definition) is 2. The van der Waals surface area contributed by atoms with Crippen LogP contribution in [0.25, 0.3) is 0 Å². The number of amides is 1. The minimum atomic E-state index is -0.939. The van der Waals surface area contributed by atoms with Crippen LogP contribution in [0.4, 0.5) is 4.79 Å². The molecule has 1 unspecified atom stereocenters. The van der Waals surface area contributed by atoms with Crippen molar-refractivity contribution in [3.8, 4) is 0 Å². The fourth-order valence-corrected chi connectivity index (χ4v) is 2.87. The standard InChI is InChI=1S/C14H17BrN2O4/c1-21-14(20)16-11-4-5-17(8-11)7-10-3-2-9(13(18)19)6-12(10)15/h2-3,6,11H,4-5,7-8H2,1H3,(H,16,20)(H,18,19). The molecule has 0 bridgehead atoms. The van der Waals surface area contributed by atoms with Crippen LogP contribution in [0.3, 0.4) is 0 Å². The third kappa shape index (κ3) is 4.18. The number of benzene rings is 1. The first-order valence-electron chi connectivity index (χ1n) is 6.58. The zero-order valence-corrected chi connectivity index (χ0v) is 13.2. The Morgan fingerprint density at radius 3 is 2.90 bits per heavy atom. The van der Waals surface area contributed by atoms with Crippen molar-refractivity contribution in [2.24, 2.45) is 0 Å². The van der Waals surface area contributed by atoms with E-state index in [1.54, 1.807) is 12.1 Å². The number of nitrogens with zero attached hydrogens (tertiary/aromatic N) is 1. The number of carboxylic acid groups (broad SMARTS) is 1. The van der Waals surface area contributed by atoms with Gasteiger partial charge in [0.2, 0.25) is 0 Å². The number of likely N-dealkylation sites (tertiary alicyclic amines) is 1. The lowest BCUT2D eigenvalue weighted by molar-refractivity contribution is 0.0696. The number of carbonyl (C=O) groups excluding carboxylic acids is 1. The number of nitrogens with one attached hydrogen (secondary N) is 1. The number of hydrogen-bond acceptors (Lipinski definition) is 4. The van der Waals surface area contributed by atoms with Crippen LogP contribution in [-0.4, -0.2) is 48.3 Å². The molecule has 1 heterocycles. The Kier molecular flexibility index (Phi) is 5.19. The summed E-state index contributed by atoms with van der Waals surface area (Å²) in [5, 5.41) is 11.7. The van der Waals surface area contributed by atoms with Crippen LogP contribution in [0, 0.1) is 0 Å². The second kappa shape index (κ2) is 6.91. The first kappa shape index (κ1) is 15.8. The van der Waals surface area contributed by atoms with E-state index < -0.39 is 12.1 Å². The molecule has 0 aromatic heterocycles. The minimum absolute atomic E-state index is 0.0921. The van der Waals surface area contributed by atoms with Crippen molar-refractivity contribution in [2.45, 2.75) is 19.0 Å². The van der Waals surface area contributed by atoms with Crippen molar-refractivity contribution in [1.82, 2.24) is 10.2 Å². The maximum Gasteiger partial charge on any atom is 0.407 e. The topological polar surface area (TPSA) is 78.9 Å². The average Bonchev–Trinajstić information content (AvgIpc) is 2.88. The number of carboxylic acids is 1. The van der Waals surface area contributed by atoms with Crippen LogP contribution in [0.2, 0.25) is 0 Å². The monoisotopic (exact) mass is 356 g/mol.